The summed E-state index contributed by atoms with van der Waals surface area (Å²) >= 11 is 0. The van der Waals surface area contributed by atoms with Crippen molar-refractivity contribution < 1.29 is 13.2 Å². The maximum Gasteiger partial charge on any atom is 0.244 e. The van der Waals surface area contributed by atoms with Crippen LogP contribution in [-0.4, -0.2) is 43.8 Å². The minimum atomic E-state index is -3.72. The monoisotopic (exact) mass is 379 g/mol. The van der Waals surface area contributed by atoms with Crippen LogP contribution < -0.4 is 11.1 Å². The van der Waals surface area contributed by atoms with E-state index in [-0.39, 0.29) is 11.9 Å². The van der Waals surface area contributed by atoms with E-state index in [1.807, 2.05) is 32.9 Å². The van der Waals surface area contributed by atoms with Crippen molar-refractivity contribution in [1.29, 1.82) is 0 Å². The highest BCUT2D eigenvalue weighted by Gasteiger charge is 2.42. The lowest BCUT2D eigenvalue weighted by Gasteiger charge is -2.27. The molecule has 1 aliphatic carbocycles. The molecule has 6 nitrogen and oxygen atoms in total. The standard InChI is InChI=1S/C19H29N3O3S/c1-12-9-13(2)18(14(3)10-12)26(24,25)22-8-4-5-17(22)19(23)21-16(11-20)15-6-7-15/h9-10,15-17H,4-8,11,20H2,1-3H3,(H,21,23). The van der Waals surface area contributed by atoms with Gasteiger partial charge in [0.1, 0.15) is 6.04 Å². The van der Waals surface area contributed by atoms with Crippen molar-refractivity contribution in [3.8, 4) is 0 Å². The fourth-order valence-electron chi connectivity index (χ4n) is 4.13. The van der Waals surface area contributed by atoms with E-state index >= 15 is 0 Å². The van der Waals surface area contributed by atoms with Crippen molar-refractivity contribution in [2.75, 3.05) is 13.1 Å². The van der Waals surface area contributed by atoms with Crippen LogP contribution in [0.1, 0.15) is 42.4 Å². The third-order valence-corrected chi connectivity index (χ3v) is 7.66. The molecule has 0 spiro atoms. The van der Waals surface area contributed by atoms with Crippen LogP contribution in [0.2, 0.25) is 0 Å². The van der Waals surface area contributed by atoms with Gasteiger partial charge in [0.15, 0.2) is 0 Å². The molecule has 3 rings (SSSR count). The normalized spacial score (nSPS) is 22.4. The molecule has 1 heterocycles. The summed E-state index contributed by atoms with van der Waals surface area (Å²) in [5.41, 5.74) is 8.27. The first-order valence-electron chi connectivity index (χ1n) is 9.36. The number of amides is 1. The summed E-state index contributed by atoms with van der Waals surface area (Å²) in [6.07, 6.45) is 3.40. The molecule has 2 atom stereocenters. The van der Waals surface area contributed by atoms with Crippen LogP contribution in [0.3, 0.4) is 0 Å². The van der Waals surface area contributed by atoms with Gasteiger partial charge in [-0.2, -0.15) is 4.31 Å². The summed E-state index contributed by atoms with van der Waals surface area (Å²) in [6.45, 7) is 6.36. The van der Waals surface area contributed by atoms with Crippen LogP contribution in [0.4, 0.5) is 0 Å². The van der Waals surface area contributed by atoms with Crippen LogP contribution in [0.25, 0.3) is 0 Å². The van der Waals surface area contributed by atoms with Gasteiger partial charge >= 0.3 is 0 Å². The van der Waals surface area contributed by atoms with Gasteiger partial charge < -0.3 is 11.1 Å². The Morgan fingerprint density at radius 2 is 1.85 bits per heavy atom. The maximum atomic E-state index is 13.3. The molecule has 7 heteroatoms. The number of rotatable bonds is 6. The summed E-state index contributed by atoms with van der Waals surface area (Å²) in [4.78, 5) is 13.1. The Morgan fingerprint density at radius 1 is 1.23 bits per heavy atom. The predicted molar refractivity (Wildman–Crippen MR) is 101 cm³/mol. The highest BCUT2D eigenvalue weighted by Crippen LogP contribution is 2.33. The van der Waals surface area contributed by atoms with Gasteiger partial charge in [-0.05, 0) is 63.5 Å². The number of hydrogen-bond acceptors (Lipinski definition) is 4. The average molecular weight is 380 g/mol. The van der Waals surface area contributed by atoms with Crippen molar-refractivity contribution in [3.63, 3.8) is 0 Å². The lowest BCUT2D eigenvalue weighted by molar-refractivity contribution is -0.125. The highest BCUT2D eigenvalue weighted by atomic mass is 32.2. The third-order valence-electron chi connectivity index (χ3n) is 5.45. The van der Waals surface area contributed by atoms with Crippen LogP contribution in [0.15, 0.2) is 17.0 Å². The highest BCUT2D eigenvalue weighted by molar-refractivity contribution is 7.89. The van der Waals surface area contributed by atoms with Gasteiger partial charge in [0.25, 0.3) is 0 Å². The number of sulfonamides is 1. The third kappa shape index (κ3) is 3.66. The van der Waals surface area contributed by atoms with Gasteiger partial charge in [-0.1, -0.05) is 17.7 Å². The van der Waals surface area contributed by atoms with Crippen molar-refractivity contribution in [2.24, 2.45) is 11.7 Å². The van der Waals surface area contributed by atoms with E-state index in [1.54, 1.807) is 0 Å². The van der Waals surface area contributed by atoms with Gasteiger partial charge in [-0.25, -0.2) is 8.42 Å². The van der Waals surface area contributed by atoms with Crippen molar-refractivity contribution in [3.05, 3.63) is 28.8 Å². The number of nitrogens with one attached hydrogen (secondary N) is 1. The number of hydrogen-bond donors (Lipinski definition) is 2. The molecule has 1 aromatic carbocycles. The van der Waals surface area contributed by atoms with Gasteiger partial charge in [-0.3, -0.25) is 4.79 Å². The molecule has 1 amide bonds. The first-order valence-corrected chi connectivity index (χ1v) is 10.8. The van der Waals surface area contributed by atoms with Gasteiger partial charge in [0, 0.05) is 19.1 Å². The summed E-state index contributed by atoms with van der Waals surface area (Å²) in [5.74, 6) is 0.229. The zero-order valence-corrected chi connectivity index (χ0v) is 16.6. The Bertz CT molecular complexity index is 779. The number of nitrogens with two attached hydrogens (primary N) is 1. The lowest BCUT2D eigenvalue weighted by Crippen LogP contribution is -2.51. The molecule has 1 aliphatic heterocycles. The number of aryl methyl sites for hydroxylation is 3. The molecule has 0 radical (unpaired) electrons. The first kappa shape index (κ1) is 19.3. The minimum absolute atomic E-state index is 0.0458. The number of carbonyl (C=O) groups excluding carboxylic acids is 1. The maximum absolute atomic E-state index is 13.3. The second-order valence-corrected chi connectivity index (χ2v) is 9.52. The van der Waals surface area contributed by atoms with Gasteiger partial charge in [0.2, 0.25) is 15.9 Å². The molecule has 1 saturated carbocycles. The van der Waals surface area contributed by atoms with E-state index in [4.69, 9.17) is 5.73 Å². The molecule has 26 heavy (non-hydrogen) atoms. The number of benzene rings is 1. The summed E-state index contributed by atoms with van der Waals surface area (Å²) in [7, 11) is -3.72. The summed E-state index contributed by atoms with van der Waals surface area (Å²) in [6, 6.07) is 3.06. The Hall–Kier alpha value is -1.44. The Balaban J connectivity index is 1.86. The largest absolute Gasteiger partial charge is 0.350 e. The van der Waals surface area contributed by atoms with E-state index in [1.165, 1.54) is 4.31 Å². The smallest absolute Gasteiger partial charge is 0.244 e. The van der Waals surface area contributed by atoms with Gasteiger partial charge in [0.05, 0.1) is 4.90 Å². The van der Waals surface area contributed by atoms with Gasteiger partial charge in [-0.15, -0.1) is 0 Å². The molecule has 0 bridgehead atoms. The zero-order valence-electron chi connectivity index (χ0n) is 15.8. The van der Waals surface area contributed by atoms with E-state index in [2.05, 4.69) is 5.32 Å². The summed E-state index contributed by atoms with van der Waals surface area (Å²) in [5, 5.41) is 2.99. The summed E-state index contributed by atoms with van der Waals surface area (Å²) < 4.78 is 28.0. The number of carbonyl (C=O) groups is 1. The molecule has 3 N–H and O–H groups in total. The second kappa shape index (κ2) is 7.29. The molecule has 1 aromatic rings. The van der Waals surface area contributed by atoms with Crippen LogP contribution in [-0.2, 0) is 14.8 Å². The van der Waals surface area contributed by atoms with Crippen molar-refractivity contribution in [2.45, 2.75) is 63.4 Å². The fraction of sp³-hybridized carbons (Fsp3) is 0.632. The van der Waals surface area contributed by atoms with Crippen LogP contribution in [0, 0.1) is 26.7 Å². The first-order chi connectivity index (χ1) is 12.3. The second-order valence-electron chi connectivity index (χ2n) is 7.69. The number of nitrogens with zero attached hydrogens (tertiary/aromatic N) is 1. The lowest BCUT2D eigenvalue weighted by atomic mass is 10.1. The Morgan fingerprint density at radius 3 is 2.38 bits per heavy atom. The predicted octanol–water partition coefficient (Wildman–Crippen LogP) is 1.62. The Labute approximate surface area is 156 Å². The molecular weight excluding hydrogens is 350 g/mol. The van der Waals surface area contributed by atoms with E-state index in [0.717, 1.165) is 29.5 Å². The average Bonchev–Trinajstić information content (AvgIpc) is 3.25. The molecule has 2 aliphatic rings. The topological polar surface area (TPSA) is 92.5 Å². The Kier molecular flexibility index (Phi) is 5.42. The van der Waals surface area contributed by atoms with E-state index in [0.29, 0.717) is 36.7 Å². The molecule has 2 fully saturated rings. The molecule has 2 unspecified atom stereocenters. The van der Waals surface area contributed by atoms with Crippen LogP contribution >= 0.6 is 0 Å². The molecule has 144 valence electrons. The van der Waals surface area contributed by atoms with E-state index in [9.17, 15) is 13.2 Å². The van der Waals surface area contributed by atoms with Crippen molar-refractivity contribution in [1.82, 2.24) is 9.62 Å². The zero-order chi connectivity index (χ0) is 19.1. The van der Waals surface area contributed by atoms with E-state index < -0.39 is 16.1 Å². The quantitative estimate of drug-likeness (QED) is 0.785. The van der Waals surface area contributed by atoms with Crippen molar-refractivity contribution >= 4 is 15.9 Å². The minimum Gasteiger partial charge on any atom is -0.350 e. The fourth-order valence-corrected chi connectivity index (χ4v) is 6.20. The molecule has 0 aromatic heterocycles. The molecule has 1 saturated heterocycles. The SMILES string of the molecule is Cc1cc(C)c(S(=O)(=O)N2CCCC2C(=O)NC(CN)C2CC2)c(C)c1. The molecular formula is C19H29N3O3S. The van der Waals surface area contributed by atoms with Crippen LogP contribution in [0.5, 0.6) is 0 Å².